The highest BCUT2D eigenvalue weighted by Crippen LogP contribution is 2.45. The number of hydrogen-bond donors (Lipinski definition) is 1. The van der Waals surface area contributed by atoms with Crippen molar-refractivity contribution in [1.29, 1.82) is 0 Å². The minimum Gasteiger partial charge on any atom is -0.483 e. The zero-order chi connectivity index (χ0) is 17.7. The van der Waals surface area contributed by atoms with Crippen LogP contribution in [0.3, 0.4) is 0 Å². The molecule has 0 aromatic rings. The van der Waals surface area contributed by atoms with Crippen molar-refractivity contribution in [2.75, 3.05) is 32.7 Å². The van der Waals surface area contributed by atoms with Crippen LogP contribution in [-0.4, -0.2) is 82.3 Å². The Balaban J connectivity index is 0.000000647. The van der Waals surface area contributed by atoms with Gasteiger partial charge in [-0.2, -0.15) is 0 Å². The molecule has 0 atom stereocenters. The highest BCUT2D eigenvalue weighted by atomic mass is 16.3. The summed E-state index contributed by atoms with van der Waals surface area (Å²) in [7, 11) is 0. The van der Waals surface area contributed by atoms with Crippen molar-refractivity contribution in [3.8, 4) is 0 Å². The number of carbonyl (C=O) groups excluding carboxylic acids is 3. The normalized spacial score (nSPS) is 21.2. The quantitative estimate of drug-likeness (QED) is 0.563. The summed E-state index contributed by atoms with van der Waals surface area (Å²) in [5.41, 5.74) is -0.686. The molecule has 2 saturated heterocycles. The first kappa shape index (κ1) is 18.0. The third-order valence-electron chi connectivity index (χ3n) is 4.74. The van der Waals surface area contributed by atoms with E-state index in [0.29, 0.717) is 25.9 Å². The molecule has 8 heteroatoms. The third-order valence-corrected chi connectivity index (χ3v) is 4.74. The van der Waals surface area contributed by atoms with E-state index in [-0.39, 0.29) is 30.7 Å². The van der Waals surface area contributed by atoms with Gasteiger partial charge in [-0.05, 0) is 31.8 Å². The number of nitrogens with zero attached hydrogens (tertiary/aromatic N) is 3. The molecule has 0 aromatic heterocycles. The van der Waals surface area contributed by atoms with Gasteiger partial charge in [-0.3, -0.25) is 19.2 Å². The molecule has 1 N–H and O–H groups in total. The van der Waals surface area contributed by atoms with Gasteiger partial charge in [-0.15, -0.1) is 0 Å². The van der Waals surface area contributed by atoms with Crippen molar-refractivity contribution in [2.45, 2.75) is 31.2 Å². The number of carbonyl (C=O) groups is 4. The van der Waals surface area contributed by atoms with Gasteiger partial charge < -0.3 is 19.8 Å². The fourth-order valence-electron chi connectivity index (χ4n) is 3.36. The van der Waals surface area contributed by atoms with Gasteiger partial charge >= 0.3 is 0 Å². The molecule has 1 spiro atoms. The van der Waals surface area contributed by atoms with Gasteiger partial charge in [0.1, 0.15) is 5.54 Å². The number of amides is 3. The zero-order valence-electron chi connectivity index (χ0n) is 13.6. The van der Waals surface area contributed by atoms with Crippen molar-refractivity contribution < 1.29 is 24.3 Å². The molecule has 2 aliphatic heterocycles. The number of likely N-dealkylation sites (tertiary alicyclic amines) is 1. The number of piperazine rings is 1. The van der Waals surface area contributed by atoms with Crippen molar-refractivity contribution in [3.63, 3.8) is 0 Å². The average Bonchev–Trinajstić information content (AvgIpc) is 3.15. The Kier molecular flexibility index (Phi) is 5.58. The van der Waals surface area contributed by atoms with Crippen LogP contribution in [0.2, 0.25) is 0 Å². The monoisotopic (exact) mass is 337 g/mol. The second-order valence-corrected chi connectivity index (χ2v) is 6.15. The standard InChI is InChI=1S/C15H21N3O3.CH2O2/c1-2-12(19)18-10-9-17(14(21)15(18)5-6-15)11-13(20)16-7-3-4-8-16;2-1-3/h2H,1,3-11H2;1H,(H,2,3). The molecule has 1 saturated carbocycles. The topological polar surface area (TPSA) is 98.2 Å². The summed E-state index contributed by atoms with van der Waals surface area (Å²) in [5.74, 6) is -0.233. The molecule has 0 unspecified atom stereocenters. The van der Waals surface area contributed by atoms with Crippen LogP contribution in [0.1, 0.15) is 25.7 Å². The summed E-state index contributed by atoms with van der Waals surface area (Å²) in [4.78, 5) is 50.1. The van der Waals surface area contributed by atoms with Gasteiger partial charge in [-0.25, -0.2) is 0 Å². The number of rotatable bonds is 3. The molecule has 2 heterocycles. The molecule has 3 aliphatic rings. The van der Waals surface area contributed by atoms with Crippen LogP contribution in [0.25, 0.3) is 0 Å². The van der Waals surface area contributed by atoms with Crippen LogP contribution >= 0.6 is 0 Å². The van der Waals surface area contributed by atoms with E-state index in [1.165, 1.54) is 6.08 Å². The second-order valence-electron chi connectivity index (χ2n) is 6.15. The molecule has 0 aromatic carbocycles. The summed E-state index contributed by atoms with van der Waals surface area (Å²) in [6.45, 7) is 5.91. The molecule has 3 rings (SSSR count). The van der Waals surface area contributed by atoms with Gasteiger partial charge in [0.05, 0.1) is 6.54 Å². The van der Waals surface area contributed by atoms with Crippen LogP contribution < -0.4 is 0 Å². The highest BCUT2D eigenvalue weighted by Gasteiger charge is 2.59. The third kappa shape index (κ3) is 3.42. The first-order valence-corrected chi connectivity index (χ1v) is 8.09. The largest absolute Gasteiger partial charge is 0.483 e. The fourth-order valence-corrected chi connectivity index (χ4v) is 3.36. The number of hydrogen-bond acceptors (Lipinski definition) is 4. The van der Waals surface area contributed by atoms with Crippen LogP contribution in [0, 0.1) is 0 Å². The summed E-state index contributed by atoms with van der Waals surface area (Å²) >= 11 is 0. The second kappa shape index (κ2) is 7.46. The summed E-state index contributed by atoms with van der Waals surface area (Å²) in [6, 6.07) is 0. The van der Waals surface area contributed by atoms with Crippen LogP contribution in [0.4, 0.5) is 0 Å². The van der Waals surface area contributed by atoms with E-state index >= 15 is 0 Å². The fraction of sp³-hybridized carbons (Fsp3) is 0.625. The molecule has 24 heavy (non-hydrogen) atoms. The maximum Gasteiger partial charge on any atom is 0.290 e. The highest BCUT2D eigenvalue weighted by molar-refractivity contribution is 5.99. The van der Waals surface area contributed by atoms with Crippen molar-refractivity contribution in [2.24, 2.45) is 0 Å². The summed E-state index contributed by atoms with van der Waals surface area (Å²) < 4.78 is 0. The van der Waals surface area contributed by atoms with E-state index in [9.17, 15) is 14.4 Å². The predicted octanol–water partition coefficient (Wildman–Crippen LogP) is -0.301. The lowest BCUT2D eigenvalue weighted by Crippen LogP contribution is -2.61. The minimum absolute atomic E-state index is 0.0279. The summed E-state index contributed by atoms with van der Waals surface area (Å²) in [6.07, 6.45) is 4.74. The van der Waals surface area contributed by atoms with Crippen LogP contribution in [0.5, 0.6) is 0 Å². The molecular weight excluding hydrogens is 314 g/mol. The van der Waals surface area contributed by atoms with Gasteiger partial charge in [0.25, 0.3) is 6.47 Å². The lowest BCUT2D eigenvalue weighted by molar-refractivity contribution is -0.154. The van der Waals surface area contributed by atoms with Crippen molar-refractivity contribution in [1.82, 2.24) is 14.7 Å². The number of carboxylic acid groups (broad SMARTS) is 1. The Morgan fingerprint density at radius 1 is 1.17 bits per heavy atom. The first-order chi connectivity index (χ1) is 11.5. The Morgan fingerprint density at radius 2 is 1.75 bits per heavy atom. The van der Waals surface area contributed by atoms with Gasteiger partial charge in [0.15, 0.2) is 0 Å². The minimum atomic E-state index is -0.686. The maximum absolute atomic E-state index is 12.6. The Labute approximate surface area is 140 Å². The average molecular weight is 337 g/mol. The lowest BCUT2D eigenvalue weighted by atomic mass is 10.1. The van der Waals surface area contributed by atoms with E-state index in [2.05, 4.69) is 6.58 Å². The Hall–Kier alpha value is -2.38. The smallest absolute Gasteiger partial charge is 0.290 e. The Bertz CT molecular complexity index is 538. The molecule has 8 nitrogen and oxygen atoms in total. The van der Waals surface area contributed by atoms with E-state index in [4.69, 9.17) is 9.90 Å². The maximum atomic E-state index is 12.6. The molecule has 0 radical (unpaired) electrons. The van der Waals surface area contributed by atoms with Gasteiger partial charge in [0, 0.05) is 26.2 Å². The SMILES string of the molecule is C=CC(=O)N1CCN(CC(=O)N2CCCC2)C(=O)C12CC2.O=CO. The molecular formula is C16H23N3O5. The van der Waals surface area contributed by atoms with E-state index in [1.807, 2.05) is 4.90 Å². The van der Waals surface area contributed by atoms with E-state index in [1.54, 1.807) is 9.80 Å². The predicted molar refractivity (Wildman–Crippen MR) is 85.0 cm³/mol. The molecule has 0 bridgehead atoms. The lowest BCUT2D eigenvalue weighted by Gasteiger charge is -2.40. The molecule has 3 fully saturated rings. The molecule has 132 valence electrons. The Morgan fingerprint density at radius 3 is 2.25 bits per heavy atom. The van der Waals surface area contributed by atoms with Gasteiger partial charge in [0.2, 0.25) is 17.7 Å². The zero-order valence-corrected chi connectivity index (χ0v) is 13.6. The van der Waals surface area contributed by atoms with Crippen molar-refractivity contribution >= 4 is 24.2 Å². The first-order valence-electron chi connectivity index (χ1n) is 8.09. The molecule has 1 aliphatic carbocycles. The van der Waals surface area contributed by atoms with E-state index in [0.717, 1.165) is 25.9 Å². The van der Waals surface area contributed by atoms with Crippen LogP contribution in [0.15, 0.2) is 12.7 Å². The van der Waals surface area contributed by atoms with Crippen molar-refractivity contribution in [3.05, 3.63) is 12.7 Å². The summed E-state index contributed by atoms with van der Waals surface area (Å²) in [5, 5.41) is 6.89. The van der Waals surface area contributed by atoms with E-state index < -0.39 is 5.54 Å². The van der Waals surface area contributed by atoms with Crippen LogP contribution in [-0.2, 0) is 19.2 Å². The molecule has 3 amide bonds. The van der Waals surface area contributed by atoms with Gasteiger partial charge in [-0.1, -0.05) is 6.58 Å².